The van der Waals surface area contributed by atoms with Gasteiger partial charge in [0.25, 0.3) is 0 Å². The van der Waals surface area contributed by atoms with Gasteiger partial charge in [0.05, 0.1) is 0 Å². The lowest BCUT2D eigenvalue weighted by atomic mass is 10.2. The number of rotatable bonds is 7. The van der Waals surface area contributed by atoms with Crippen LogP contribution in [0.4, 0.5) is 0 Å². The van der Waals surface area contributed by atoms with Crippen molar-refractivity contribution < 1.29 is 9.90 Å². The highest BCUT2D eigenvalue weighted by Crippen LogP contribution is 2.27. The molecule has 0 bridgehead atoms. The molecular weight excluding hydrogens is 178 g/mol. The summed E-state index contributed by atoms with van der Waals surface area (Å²) in [6.45, 7) is 6.50. The van der Waals surface area contributed by atoms with Crippen LogP contribution in [0.2, 0.25) is 0 Å². The third-order valence-electron chi connectivity index (χ3n) is 2.50. The topological polar surface area (TPSA) is 40.5 Å². The van der Waals surface area contributed by atoms with Crippen molar-refractivity contribution in [1.29, 1.82) is 0 Å². The normalized spacial score (nSPS) is 16.6. The summed E-state index contributed by atoms with van der Waals surface area (Å²) in [6, 6.07) is 0.756. The maximum atomic E-state index is 10.4. The van der Waals surface area contributed by atoms with E-state index in [1.165, 1.54) is 12.8 Å². The Bertz CT molecular complexity index is 188. The third-order valence-corrected chi connectivity index (χ3v) is 2.50. The molecule has 0 unspecified atom stereocenters. The van der Waals surface area contributed by atoms with Crippen molar-refractivity contribution in [1.82, 2.24) is 4.90 Å². The van der Waals surface area contributed by atoms with Gasteiger partial charge < -0.3 is 10.0 Å². The zero-order valence-electron chi connectivity index (χ0n) is 9.20. The molecule has 0 atom stereocenters. The number of carboxylic acids is 1. The molecule has 0 aromatic heterocycles. The molecule has 0 aliphatic heterocycles. The van der Waals surface area contributed by atoms with Gasteiger partial charge in [-0.3, -0.25) is 4.79 Å². The maximum Gasteiger partial charge on any atom is 0.303 e. The van der Waals surface area contributed by atoms with Crippen molar-refractivity contribution in [3.63, 3.8) is 0 Å². The van der Waals surface area contributed by atoms with E-state index in [4.69, 9.17) is 5.11 Å². The molecule has 0 radical (unpaired) electrons. The summed E-state index contributed by atoms with van der Waals surface area (Å²) in [5.74, 6) is 0.00530. The molecule has 1 fully saturated rings. The summed E-state index contributed by atoms with van der Waals surface area (Å²) in [7, 11) is 0. The number of carboxylic acid groups (broad SMARTS) is 1. The molecule has 82 valence electrons. The maximum absolute atomic E-state index is 10.4. The highest BCUT2D eigenvalue weighted by Gasteiger charge is 2.28. The largest absolute Gasteiger partial charge is 0.481 e. The second kappa shape index (κ2) is 5.35. The standard InChI is InChI=1S/C11H21NO2/c1-9(2)8-12(10-5-6-10)7-3-4-11(13)14/h9-10H,3-8H2,1-2H3,(H,13,14). The molecule has 0 aromatic carbocycles. The van der Waals surface area contributed by atoms with E-state index in [1.54, 1.807) is 0 Å². The Morgan fingerprint density at radius 2 is 2.14 bits per heavy atom. The van der Waals surface area contributed by atoms with Crippen LogP contribution in [0, 0.1) is 5.92 Å². The monoisotopic (exact) mass is 199 g/mol. The molecule has 1 saturated carbocycles. The minimum atomic E-state index is -0.676. The van der Waals surface area contributed by atoms with E-state index >= 15 is 0 Å². The summed E-state index contributed by atoms with van der Waals surface area (Å²) in [5, 5.41) is 8.54. The number of nitrogens with zero attached hydrogens (tertiary/aromatic N) is 1. The van der Waals surface area contributed by atoms with Gasteiger partial charge in [-0.1, -0.05) is 13.8 Å². The average Bonchev–Trinajstić information content (AvgIpc) is 2.83. The second-order valence-corrected chi connectivity index (χ2v) is 4.62. The molecular formula is C11H21NO2. The molecule has 0 spiro atoms. The second-order valence-electron chi connectivity index (χ2n) is 4.62. The zero-order chi connectivity index (χ0) is 10.6. The fourth-order valence-corrected chi connectivity index (χ4v) is 1.77. The fourth-order valence-electron chi connectivity index (χ4n) is 1.77. The zero-order valence-corrected chi connectivity index (χ0v) is 9.20. The predicted octanol–water partition coefficient (Wildman–Crippen LogP) is 1.97. The molecule has 1 aliphatic carbocycles. The Hall–Kier alpha value is -0.570. The van der Waals surface area contributed by atoms with Crippen LogP contribution >= 0.6 is 0 Å². The Balaban J connectivity index is 2.18. The van der Waals surface area contributed by atoms with Crippen LogP contribution < -0.4 is 0 Å². The van der Waals surface area contributed by atoms with Crippen molar-refractivity contribution in [2.45, 2.75) is 45.6 Å². The van der Waals surface area contributed by atoms with Gasteiger partial charge in [0.1, 0.15) is 0 Å². The van der Waals surface area contributed by atoms with Gasteiger partial charge in [0.2, 0.25) is 0 Å². The number of hydrogen-bond donors (Lipinski definition) is 1. The summed E-state index contributed by atoms with van der Waals surface area (Å²) in [6.07, 6.45) is 3.71. The Morgan fingerprint density at radius 3 is 2.57 bits per heavy atom. The number of hydrogen-bond acceptors (Lipinski definition) is 2. The first-order chi connectivity index (χ1) is 6.59. The van der Waals surface area contributed by atoms with Gasteiger partial charge in [0.15, 0.2) is 0 Å². The van der Waals surface area contributed by atoms with Gasteiger partial charge in [-0.2, -0.15) is 0 Å². The Labute approximate surface area is 86.1 Å². The van der Waals surface area contributed by atoms with Gasteiger partial charge in [-0.05, 0) is 31.7 Å². The van der Waals surface area contributed by atoms with Crippen molar-refractivity contribution in [2.24, 2.45) is 5.92 Å². The van der Waals surface area contributed by atoms with Crippen molar-refractivity contribution in [2.75, 3.05) is 13.1 Å². The Morgan fingerprint density at radius 1 is 1.50 bits per heavy atom. The minimum absolute atomic E-state index is 0.307. The highest BCUT2D eigenvalue weighted by atomic mass is 16.4. The minimum Gasteiger partial charge on any atom is -0.481 e. The SMILES string of the molecule is CC(C)CN(CCCC(=O)O)C1CC1. The molecule has 1 aliphatic rings. The molecule has 14 heavy (non-hydrogen) atoms. The van der Waals surface area contributed by atoms with E-state index in [2.05, 4.69) is 18.7 Å². The van der Waals surface area contributed by atoms with Gasteiger partial charge >= 0.3 is 5.97 Å². The van der Waals surface area contributed by atoms with Crippen molar-refractivity contribution >= 4 is 5.97 Å². The molecule has 0 saturated heterocycles. The van der Waals surface area contributed by atoms with E-state index < -0.39 is 5.97 Å². The molecule has 1 N–H and O–H groups in total. The first kappa shape index (κ1) is 11.5. The lowest BCUT2D eigenvalue weighted by Crippen LogP contribution is -2.31. The molecule has 0 heterocycles. The molecule has 3 nitrogen and oxygen atoms in total. The van der Waals surface area contributed by atoms with Crippen LogP contribution in [-0.2, 0) is 4.79 Å². The van der Waals surface area contributed by atoms with Gasteiger partial charge in [-0.25, -0.2) is 0 Å². The lowest BCUT2D eigenvalue weighted by molar-refractivity contribution is -0.137. The highest BCUT2D eigenvalue weighted by molar-refractivity contribution is 5.66. The van der Waals surface area contributed by atoms with E-state index in [1.807, 2.05) is 0 Å². The third kappa shape index (κ3) is 4.61. The number of carbonyl (C=O) groups is 1. The van der Waals surface area contributed by atoms with Gasteiger partial charge in [-0.15, -0.1) is 0 Å². The van der Waals surface area contributed by atoms with Crippen LogP contribution in [0.1, 0.15) is 39.5 Å². The van der Waals surface area contributed by atoms with E-state index in [9.17, 15) is 4.79 Å². The average molecular weight is 199 g/mol. The van der Waals surface area contributed by atoms with E-state index in [0.29, 0.717) is 12.3 Å². The summed E-state index contributed by atoms with van der Waals surface area (Å²) in [4.78, 5) is 12.8. The van der Waals surface area contributed by atoms with Crippen LogP contribution in [0.5, 0.6) is 0 Å². The Kier molecular flexibility index (Phi) is 4.39. The van der Waals surface area contributed by atoms with Crippen molar-refractivity contribution in [3.8, 4) is 0 Å². The van der Waals surface area contributed by atoms with Crippen LogP contribution in [0.3, 0.4) is 0 Å². The first-order valence-electron chi connectivity index (χ1n) is 5.55. The number of aliphatic carboxylic acids is 1. The first-order valence-corrected chi connectivity index (χ1v) is 5.55. The fraction of sp³-hybridized carbons (Fsp3) is 0.909. The van der Waals surface area contributed by atoms with E-state index in [0.717, 1.165) is 25.6 Å². The summed E-state index contributed by atoms with van der Waals surface area (Å²) in [5.41, 5.74) is 0. The lowest BCUT2D eigenvalue weighted by Gasteiger charge is -2.23. The summed E-state index contributed by atoms with van der Waals surface area (Å²) < 4.78 is 0. The van der Waals surface area contributed by atoms with Gasteiger partial charge in [0, 0.05) is 19.0 Å². The van der Waals surface area contributed by atoms with E-state index in [-0.39, 0.29) is 0 Å². The smallest absolute Gasteiger partial charge is 0.303 e. The molecule has 1 rings (SSSR count). The molecule has 3 heteroatoms. The quantitative estimate of drug-likeness (QED) is 0.681. The summed E-state index contributed by atoms with van der Waals surface area (Å²) >= 11 is 0. The molecule has 0 aromatic rings. The van der Waals surface area contributed by atoms with Crippen LogP contribution in [0.25, 0.3) is 0 Å². The van der Waals surface area contributed by atoms with Crippen LogP contribution in [0.15, 0.2) is 0 Å². The van der Waals surface area contributed by atoms with Crippen LogP contribution in [-0.4, -0.2) is 35.1 Å². The van der Waals surface area contributed by atoms with Crippen molar-refractivity contribution in [3.05, 3.63) is 0 Å². The predicted molar refractivity (Wildman–Crippen MR) is 56.3 cm³/mol. The molecule has 0 amide bonds.